The second-order valence-electron chi connectivity index (χ2n) is 3.72. The molecule has 1 aromatic carbocycles. The predicted molar refractivity (Wildman–Crippen MR) is 64.0 cm³/mol. The topological polar surface area (TPSA) is 58.3 Å². The highest BCUT2D eigenvalue weighted by atomic mass is 16.2. The van der Waals surface area contributed by atoms with Crippen molar-refractivity contribution in [2.45, 2.75) is 25.8 Å². The molecule has 0 bridgehead atoms. The minimum absolute atomic E-state index is 0.202. The standard InChI is InChI=1S/C12H20N2O/c1-2-11(13)9-14-12-5-3-10(4-6-12)7-8-15/h3-6,11,14-15H,2,7-9,13H2,1H3. The van der Waals surface area contributed by atoms with E-state index in [9.17, 15) is 0 Å². The summed E-state index contributed by atoms with van der Waals surface area (Å²) in [6.07, 6.45) is 1.70. The van der Waals surface area contributed by atoms with E-state index in [2.05, 4.69) is 12.2 Å². The van der Waals surface area contributed by atoms with Crippen LogP contribution in [0.2, 0.25) is 0 Å². The summed E-state index contributed by atoms with van der Waals surface area (Å²) >= 11 is 0. The molecule has 0 saturated heterocycles. The van der Waals surface area contributed by atoms with Crippen molar-refractivity contribution in [1.29, 1.82) is 0 Å². The Morgan fingerprint density at radius 3 is 2.53 bits per heavy atom. The van der Waals surface area contributed by atoms with Crippen molar-refractivity contribution < 1.29 is 5.11 Å². The molecule has 0 amide bonds. The van der Waals surface area contributed by atoms with Crippen molar-refractivity contribution in [3.8, 4) is 0 Å². The van der Waals surface area contributed by atoms with E-state index in [0.717, 1.165) is 30.6 Å². The van der Waals surface area contributed by atoms with Gasteiger partial charge in [0.25, 0.3) is 0 Å². The lowest BCUT2D eigenvalue weighted by molar-refractivity contribution is 0.299. The molecule has 1 aromatic rings. The Morgan fingerprint density at radius 1 is 1.33 bits per heavy atom. The van der Waals surface area contributed by atoms with Gasteiger partial charge < -0.3 is 16.2 Å². The minimum atomic E-state index is 0.202. The summed E-state index contributed by atoms with van der Waals surface area (Å²) in [6, 6.07) is 8.30. The molecule has 0 spiro atoms. The Morgan fingerprint density at radius 2 is 2.00 bits per heavy atom. The number of rotatable bonds is 6. The SMILES string of the molecule is CCC(N)CNc1ccc(CCO)cc1. The van der Waals surface area contributed by atoms with Crippen molar-refractivity contribution in [3.63, 3.8) is 0 Å². The van der Waals surface area contributed by atoms with E-state index in [-0.39, 0.29) is 12.6 Å². The lowest BCUT2D eigenvalue weighted by Crippen LogP contribution is -2.27. The zero-order chi connectivity index (χ0) is 11.1. The molecule has 1 rings (SSSR count). The van der Waals surface area contributed by atoms with Crippen LogP contribution >= 0.6 is 0 Å². The van der Waals surface area contributed by atoms with Crippen molar-refractivity contribution in [2.75, 3.05) is 18.5 Å². The van der Waals surface area contributed by atoms with Gasteiger partial charge in [-0.1, -0.05) is 19.1 Å². The van der Waals surface area contributed by atoms with Crippen LogP contribution in [0.3, 0.4) is 0 Å². The predicted octanol–water partition coefficient (Wildman–Crippen LogP) is 1.37. The maximum absolute atomic E-state index is 8.76. The highest BCUT2D eigenvalue weighted by molar-refractivity contribution is 5.44. The zero-order valence-corrected chi connectivity index (χ0v) is 9.24. The third-order valence-electron chi connectivity index (χ3n) is 2.45. The van der Waals surface area contributed by atoms with Gasteiger partial charge in [-0.25, -0.2) is 0 Å². The quantitative estimate of drug-likeness (QED) is 0.662. The van der Waals surface area contributed by atoms with Crippen LogP contribution in [-0.2, 0) is 6.42 Å². The molecular formula is C12H20N2O. The number of nitrogens with two attached hydrogens (primary N) is 1. The fourth-order valence-corrected chi connectivity index (χ4v) is 1.31. The molecule has 1 unspecified atom stereocenters. The molecule has 3 nitrogen and oxygen atoms in total. The first-order valence-electron chi connectivity index (χ1n) is 5.45. The van der Waals surface area contributed by atoms with E-state index in [0.29, 0.717) is 0 Å². The Balaban J connectivity index is 2.42. The first-order valence-corrected chi connectivity index (χ1v) is 5.45. The number of aliphatic hydroxyl groups excluding tert-OH is 1. The Kier molecular flexibility index (Phi) is 5.15. The number of benzene rings is 1. The van der Waals surface area contributed by atoms with E-state index in [4.69, 9.17) is 10.8 Å². The van der Waals surface area contributed by atoms with Gasteiger partial charge in [-0.05, 0) is 30.5 Å². The third kappa shape index (κ3) is 4.32. The molecule has 0 radical (unpaired) electrons. The average molecular weight is 208 g/mol. The maximum atomic E-state index is 8.76. The monoisotopic (exact) mass is 208 g/mol. The molecule has 0 heterocycles. The highest BCUT2D eigenvalue weighted by Gasteiger charge is 1.98. The van der Waals surface area contributed by atoms with Gasteiger partial charge in [-0.3, -0.25) is 0 Å². The lowest BCUT2D eigenvalue weighted by atomic mass is 10.1. The van der Waals surface area contributed by atoms with Crippen LogP contribution < -0.4 is 11.1 Å². The van der Waals surface area contributed by atoms with E-state index in [1.807, 2.05) is 24.3 Å². The van der Waals surface area contributed by atoms with Gasteiger partial charge in [-0.2, -0.15) is 0 Å². The second kappa shape index (κ2) is 6.43. The van der Waals surface area contributed by atoms with Crippen LogP contribution in [0.5, 0.6) is 0 Å². The van der Waals surface area contributed by atoms with E-state index in [1.165, 1.54) is 0 Å². The van der Waals surface area contributed by atoms with Crippen molar-refractivity contribution in [1.82, 2.24) is 0 Å². The molecule has 0 fully saturated rings. The summed E-state index contributed by atoms with van der Waals surface area (Å²) in [5.74, 6) is 0. The Labute approximate surface area is 91.3 Å². The largest absolute Gasteiger partial charge is 0.396 e. The molecule has 84 valence electrons. The lowest BCUT2D eigenvalue weighted by Gasteiger charge is -2.11. The van der Waals surface area contributed by atoms with Gasteiger partial charge in [0.2, 0.25) is 0 Å². The van der Waals surface area contributed by atoms with Gasteiger partial charge in [0.1, 0.15) is 0 Å². The number of anilines is 1. The highest BCUT2D eigenvalue weighted by Crippen LogP contribution is 2.09. The molecule has 0 aliphatic rings. The fraction of sp³-hybridized carbons (Fsp3) is 0.500. The zero-order valence-electron chi connectivity index (χ0n) is 9.24. The summed E-state index contributed by atoms with van der Waals surface area (Å²) in [7, 11) is 0. The van der Waals surface area contributed by atoms with Crippen molar-refractivity contribution in [2.24, 2.45) is 5.73 Å². The van der Waals surface area contributed by atoms with Crippen LogP contribution in [0.1, 0.15) is 18.9 Å². The molecule has 15 heavy (non-hydrogen) atoms. The second-order valence-corrected chi connectivity index (χ2v) is 3.72. The first kappa shape index (κ1) is 12.0. The van der Waals surface area contributed by atoms with Crippen LogP contribution in [0, 0.1) is 0 Å². The van der Waals surface area contributed by atoms with Gasteiger partial charge in [0, 0.05) is 24.9 Å². The van der Waals surface area contributed by atoms with E-state index >= 15 is 0 Å². The summed E-state index contributed by atoms with van der Waals surface area (Å²) in [6.45, 7) is 3.08. The van der Waals surface area contributed by atoms with Crippen molar-refractivity contribution >= 4 is 5.69 Å². The van der Waals surface area contributed by atoms with Gasteiger partial charge in [-0.15, -0.1) is 0 Å². The number of aliphatic hydroxyl groups is 1. The number of hydrogen-bond donors (Lipinski definition) is 3. The molecule has 4 N–H and O–H groups in total. The number of nitrogens with one attached hydrogen (secondary N) is 1. The summed E-state index contributed by atoms with van der Waals surface area (Å²) < 4.78 is 0. The summed E-state index contributed by atoms with van der Waals surface area (Å²) in [4.78, 5) is 0. The maximum Gasteiger partial charge on any atom is 0.0471 e. The van der Waals surface area contributed by atoms with Crippen LogP contribution in [0.4, 0.5) is 5.69 Å². The molecule has 0 saturated carbocycles. The number of hydrogen-bond acceptors (Lipinski definition) is 3. The molecule has 3 heteroatoms. The molecular weight excluding hydrogens is 188 g/mol. The van der Waals surface area contributed by atoms with E-state index in [1.54, 1.807) is 0 Å². The van der Waals surface area contributed by atoms with Gasteiger partial charge >= 0.3 is 0 Å². The minimum Gasteiger partial charge on any atom is -0.396 e. The third-order valence-corrected chi connectivity index (χ3v) is 2.45. The molecule has 0 aromatic heterocycles. The average Bonchev–Trinajstić information content (AvgIpc) is 2.28. The fourth-order valence-electron chi connectivity index (χ4n) is 1.31. The molecule has 1 atom stereocenters. The van der Waals surface area contributed by atoms with Crippen LogP contribution in [0.15, 0.2) is 24.3 Å². The van der Waals surface area contributed by atoms with Crippen LogP contribution in [0.25, 0.3) is 0 Å². The van der Waals surface area contributed by atoms with Gasteiger partial charge in [0.15, 0.2) is 0 Å². The molecule has 0 aliphatic carbocycles. The summed E-state index contributed by atoms with van der Waals surface area (Å²) in [5, 5.41) is 12.0. The first-order chi connectivity index (χ1) is 7.26. The smallest absolute Gasteiger partial charge is 0.0471 e. The Bertz CT molecular complexity index is 271. The molecule has 0 aliphatic heterocycles. The van der Waals surface area contributed by atoms with E-state index < -0.39 is 0 Å². The van der Waals surface area contributed by atoms with Crippen molar-refractivity contribution in [3.05, 3.63) is 29.8 Å². The van der Waals surface area contributed by atoms with Crippen LogP contribution in [-0.4, -0.2) is 24.3 Å². The Hall–Kier alpha value is -1.06. The summed E-state index contributed by atoms with van der Waals surface area (Å²) in [5.41, 5.74) is 8.04. The van der Waals surface area contributed by atoms with Gasteiger partial charge in [0.05, 0.1) is 0 Å². The normalized spacial score (nSPS) is 12.5.